The highest BCUT2D eigenvalue weighted by molar-refractivity contribution is 7.88. The van der Waals surface area contributed by atoms with Crippen molar-refractivity contribution in [1.29, 1.82) is 0 Å². The number of allylic oxidation sites excluding steroid dienone is 1. The lowest BCUT2D eigenvalue weighted by atomic mass is 10.4. The van der Waals surface area contributed by atoms with Crippen molar-refractivity contribution in [3.8, 4) is 0 Å². The summed E-state index contributed by atoms with van der Waals surface area (Å²) in [5.41, 5.74) is 5.12. The van der Waals surface area contributed by atoms with Crippen molar-refractivity contribution >= 4 is 16.8 Å². The summed E-state index contributed by atoms with van der Waals surface area (Å²) >= 11 is 0. The van der Waals surface area contributed by atoms with Crippen LogP contribution in [0.15, 0.2) is 11.5 Å². The Hall–Kier alpha value is -0.680. The third-order valence-electron chi connectivity index (χ3n) is 0.949. The summed E-state index contributed by atoms with van der Waals surface area (Å²) in [5.74, 6) is -1.15. The molecule has 0 aliphatic carbocycles. The molecule has 0 fully saturated rings. The van der Waals surface area contributed by atoms with Crippen LogP contribution in [-0.2, 0) is 15.6 Å². The summed E-state index contributed by atoms with van der Waals surface area (Å²) in [7, 11) is -1.26. The van der Waals surface area contributed by atoms with Gasteiger partial charge in [0.15, 0.2) is 0 Å². The third kappa shape index (κ3) is 4.69. The Bertz CT molecular complexity index is 190. The molecule has 0 bridgehead atoms. The molecule has 0 aliphatic rings. The van der Waals surface area contributed by atoms with Gasteiger partial charge in [-0.2, -0.15) is 0 Å². The van der Waals surface area contributed by atoms with Crippen LogP contribution in [-0.4, -0.2) is 27.1 Å². The molecular weight excluding hydrogens is 166 g/mol. The van der Waals surface area contributed by atoms with Crippen LogP contribution in [0.4, 0.5) is 0 Å². The molecule has 11 heavy (non-hydrogen) atoms. The number of carboxylic acid groups (broad SMARTS) is 1. The Morgan fingerprint density at radius 3 is 2.73 bits per heavy atom. The number of hydrogen-bond acceptors (Lipinski definition) is 3. The lowest BCUT2D eigenvalue weighted by molar-refractivity contribution is -0.137. The van der Waals surface area contributed by atoms with Gasteiger partial charge in [0.25, 0.3) is 0 Å². The van der Waals surface area contributed by atoms with E-state index in [1.165, 1.54) is 5.41 Å². The molecule has 0 rings (SSSR count). The summed E-state index contributed by atoms with van der Waals surface area (Å²) in [6, 6.07) is -1.04. The summed E-state index contributed by atoms with van der Waals surface area (Å²) in [5, 5.41) is 9.74. The molecule has 0 saturated carbocycles. The Balaban J connectivity index is 3.85. The molecule has 0 aromatic rings. The molecule has 0 unspecified atom stereocenters. The van der Waals surface area contributed by atoms with E-state index in [9.17, 15) is 9.00 Å². The summed E-state index contributed by atoms with van der Waals surface area (Å²) in [6.07, 6.45) is 1.60. The average molecular weight is 177 g/mol. The highest BCUT2D eigenvalue weighted by atomic mass is 32.2. The standard InChI is InChI=1S/C6H11NO3S/c1-2-3-11(10)4-5(7)6(8)9/h2-3,5H,4,7H2,1H3,(H,8,9)/b3-2-/t5-,11-/m0/s1. The maximum Gasteiger partial charge on any atom is 0.321 e. The Morgan fingerprint density at radius 2 is 2.36 bits per heavy atom. The number of rotatable bonds is 4. The highest BCUT2D eigenvalue weighted by Crippen LogP contribution is 1.89. The fourth-order valence-corrected chi connectivity index (χ4v) is 1.37. The Morgan fingerprint density at radius 1 is 1.82 bits per heavy atom. The van der Waals surface area contributed by atoms with E-state index in [4.69, 9.17) is 10.8 Å². The zero-order chi connectivity index (χ0) is 8.85. The number of carbonyl (C=O) groups is 1. The van der Waals surface area contributed by atoms with Gasteiger partial charge in [0.2, 0.25) is 0 Å². The first-order valence-electron chi connectivity index (χ1n) is 3.06. The molecule has 0 heterocycles. The van der Waals surface area contributed by atoms with Gasteiger partial charge in [-0.3, -0.25) is 9.00 Å². The van der Waals surface area contributed by atoms with Crippen molar-refractivity contribution in [2.45, 2.75) is 13.0 Å². The van der Waals surface area contributed by atoms with E-state index in [1.54, 1.807) is 13.0 Å². The van der Waals surface area contributed by atoms with Crippen LogP contribution in [0, 0.1) is 0 Å². The first kappa shape index (κ1) is 10.3. The highest BCUT2D eigenvalue weighted by Gasteiger charge is 2.12. The van der Waals surface area contributed by atoms with Crippen molar-refractivity contribution in [2.24, 2.45) is 5.73 Å². The topological polar surface area (TPSA) is 80.4 Å². The third-order valence-corrected chi connectivity index (χ3v) is 2.21. The van der Waals surface area contributed by atoms with Crippen LogP contribution < -0.4 is 5.73 Å². The largest absolute Gasteiger partial charge is 0.480 e. The minimum atomic E-state index is -1.26. The van der Waals surface area contributed by atoms with Gasteiger partial charge in [-0.15, -0.1) is 0 Å². The molecular formula is C6H11NO3S. The molecule has 3 N–H and O–H groups in total. The summed E-state index contributed by atoms with van der Waals surface area (Å²) < 4.78 is 10.8. The Labute approximate surface area is 67.5 Å². The molecule has 0 spiro atoms. The van der Waals surface area contributed by atoms with Crippen molar-refractivity contribution in [1.82, 2.24) is 0 Å². The predicted octanol–water partition coefficient (Wildman–Crippen LogP) is -0.319. The van der Waals surface area contributed by atoms with E-state index in [0.717, 1.165) is 0 Å². The Kier molecular flexibility index (Phi) is 4.72. The van der Waals surface area contributed by atoms with Gasteiger partial charge in [0.05, 0.1) is 5.75 Å². The lowest BCUT2D eigenvalue weighted by Gasteiger charge is -2.01. The molecule has 0 radical (unpaired) electrons. The number of aliphatic carboxylic acids is 1. The maximum atomic E-state index is 10.8. The second kappa shape index (κ2) is 5.03. The molecule has 5 heteroatoms. The van der Waals surface area contributed by atoms with Crippen LogP contribution in [0.5, 0.6) is 0 Å². The number of carboxylic acids is 1. The predicted molar refractivity (Wildman–Crippen MR) is 43.4 cm³/mol. The molecule has 0 aromatic carbocycles. The average Bonchev–Trinajstić information content (AvgIpc) is 1.87. The van der Waals surface area contributed by atoms with Crippen LogP contribution in [0.25, 0.3) is 0 Å². The fraction of sp³-hybridized carbons (Fsp3) is 0.500. The second-order valence-electron chi connectivity index (χ2n) is 1.96. The van der Waals surface area contributed by atoms with Crippen LogP contribution in [0.3, 0.4) is 0 Å². The van der Waals surface area contributed by atoms with Gasteiger partial charge in [-0.1, -0.05) is 6.08 Å². The summed E-state index contributed by atoms with van der Waals surface area (Å²) in [6.45, 7) is 1.71. The monoisotopic (exact) mass is 177 g/mol. The molecule has 0 aromatic heterocycles. The van der Waals surface area contributed by atoms with Crippen LogP contribution in [0.1, 0.15) is 6.92 Å². The summed E-state index contributed by atoms with van der Waals surface area (Å²) in [4.78, 5) is 10.2. The van der Waals surface area contributed by atoms with E-state index in [-0.39, 0.29) is 5.75 Å². The van der Waals surface area contributed by atoms with Crippen LogP contribution >= 0.6 is 0 Å². The quantitative estimate of drug-likeness (QED) is 0.616. The van der Waals surface area contributed by atoms with E-state index in [1.807, 2.05) is 0 Å². The normalized spacial score (nSPS) is 16.5. The lowest BCUT2D eigenvalue weighted by Crippen LogP contribution is -2.35. The number of hydrogen-bond donors (Lipinski definition) is 2. The molecule has 0 aliphatic heterocycles. The van der Waals surface area contributed by atoms with Gasteiger partial charge < -0.3 is 10.8 Å². The first-order valence-corrected chi connectivity index (χ1v) is 4.44. The molecule has 0 amide bonds. The van der Waals surface area contributed by atoms with Crippen molar-refractivity contribution < 1.29 is 14.1 Å². The van der Waals surface area contributed by atoms with Gasteiger partial charge in [-0.05, 0) is 12.3 Å². The molecule has 0 saturated heterocycles. The zero-order valence-corrected chi connectivity index (χ0v) is 7.00. The van der Waals surface area contributed by atoms with Crippen molar-refractivity contribution in [2.75, 3.05) is 5.75 Å². The van der Waals surface area contributed by atoms with E-state index < -0.39 is 22.8 Å². The minimum absolute atomic E-state index is 0.0281. The maximum absolute atomic E-state index is 10.8. The van der Waals surface area contributed by atoms with Gasteiger partial charge in [0, 0.05) is 10.8 Å². The molecule has 4 nitrogen and oxygen atoms in total. The van der Waals surface area contributed by atoms with Gasteiger partial charge in [0.1, 0.15) is 6.04 Å². The molecule has 2 atom stereocenters. The van der Waals surface area contributed by atoms with E-state index in [0.29, 0.717) is 0 Å². The second-order valence-corrected chi connectivity index (χ2v) is 3.33. The van der Waals surface area contributed by atoms with E-state index in [2.05, 4.69) is 0 Å². The van der Waals surface area contributed by atoms with Gasteiger partial charge >= 0.3 is 5.97 Å². The SMILES string of the molecule is C/C=C\[S@](=O)C[C@H](N)C(=O)O. The van der Waals surface area contributed by atoms with Crippen molar-refractivity contribution in [3.63, 3.8) is 0 Å². The minimum Gasteiger partial charge on any atom is -0.480 e. The molecule has 64 valence electrons. The van der Waals surface area contributed by atoms with E-state index >= 15 is 0 Å². The smallest absolute Gasteiger partial charge is 0.321 e. The first-order chi connectivity index (χ1) is 5.07. The van der Waals surface area contributed by atoms with Gasteiger partial charge in [-0.25, -0.2) is 0 Å². The number of nitrogens with two attached hydrogens (primary N) is 1. The zero-order valence-electron chi connectivity index (χ0n) is 6.19. The van der Waals surface area contributed by atoms with Crippen LogP contribution in [0.2, 0.25) is 0 Å². The fourth-order valence-electron chi connectivity index (χ4n) is 0.456. The van der Waals surface area contributed by atoms with Crippen molar-refractivity contribution in [3.05, 3.63) is 11.5 Å².